The van der Waals surface area contributed by atoms with Crippen molar-refractivity contribution in [1.29, 1.82) is 0 Å². The van der Waals surface area contributed by atoms with Crippen molar-refractivity contribution in [1.82, 2.24) is 4.98 Å². The van der Waals surface area contributed by atoms with Crippen LogP contribution in [0.2, 0.25) is 0 Å². The van der Waals surface area contributed by atoms with E-state index in [1.165, 1.54) is 0 Å². The molecule has 1 aromatic rings. The topological polar surface area (TPSA) is 36.4 Å². The number of nitrogens with zero attached hydrogens (tertiary/aromatic N) is 2. The van der Waals surface area contributed by atoms with E-state index in [0.717, 1.165) is 24.5 Å². The normalized spacial score (nSPS) is 17.4. The summed E-state index contributed by atoms with van der Waals surface area (Å²) in [6.07, 6.45) is 5.56. The molecule has 0 bridgehead atoms. The Kier molecular flexibility index (Phi) is 2.50. The van der Waals surface area contributed by atoms with Gasteiger partial charge in [0.05, 0.1) is 6.10 Å². The number of aliphatic hydroxyl groups is 1. The highest BCUT2D eigenvalue weighted by Gasteiger charge is 2.09. The van der Waals surface area contributed by atoms with Gasteiger partial charge in [0.15, 0.2) is 0 Å². The second kappa shape index (κ2) is 3.80. The molecule has 0 saturated heterocycles. The van der Waals surface area contributed by atoms with E-state index < -0.39 is 6.10 Å². The van der Waals surface area contributed by atoms with Crippen LogP contribution in [0.5, 0.6) is 0 Å². The van der Waals surface area contributed by atoms with Crippen molar-refractivity contribution >= 4 is 5.82 Å². The first-order valence-electron chi connectivity index (χ1n) is 4.81. The molecule has 0 radical (unpaired) electrons. The molecule has 1 aromatic heterocycles. The number of pyridine rings is 1. The molecule has 1 atom stereocenters. The molecule has 0 saturated carbocycles. The Morgan fingerprint density at radius 3 is 2.57 bits per heavy atom. The van der Waals surface area contributed by atoms with Gasteiger partial charge in [-0.25, -0.2) is 4.98 Å². The summed E-state index contributed by atoms with van der Waals surface area (Å²) >= 11 is 0. The number of hydrogen-bond acceptors (Lipinski definition) is 3. The van der Waals surface area contributed by atoms with Crippen LogP contribution in [-0.4, -0.2) is 23.2 Å². The van der Waals surface area contributed by atoms with Crippen LogP contribution >= 0.6 is 0 Å². The van der Waals surface area contributed by atoms with Crippen LogP contribution in [0.1, 0.15) is 18.6 Å². The number of aliphatic hydroxyl groups excluding tert-OH is 1. The first kappa shape index (κ1) is 9.21. The molecule has 0 aliphatic carbocycles. The van der Waals surface area contributed by atoms with Crippen LogP contribution in [0.25, 0.3) is 0 Å². The van der Waals surface area contributed by atoms with Gasteiger partial charge in [0.1, 0.15) is 5.82 Å². The predicted molar refractivity (Wildman–Crippen MR) is 56.2 cm³/mol. The third-order valence-electron chi connectivity index (χ3n) is 2.40. The molecule has 1 aliphatic heterocycles. The molecule has 0 amide bonds. The third-order valence-corrected chi connectivity index (χ3v) is 2.40. The fourth-order valence-electron chi connectivity index (χ4n) is 1.50. The van der Waals surface area contributed by atoms with E-state index in [-0.39, 0.29) is 0 Å². The molecule has 0 spiro atoms. The first-order valence-corrected chi connectivity index (χ1v) is 4.81. The Morgan fingerprint density at radius 2 is 2.07 bits per heavy atom. The van der Waals surface area contributed by atoms with Crippen LogP contribution in [0, 0.1) is 0 Å². The van der Waals surface area contributed by atoms with E-state index in [2.05, 4.69) is 22.0 Å². The Morgan fingerprint density at radius 1 is 1.36 bits per heavy atom. The van der Waals surface area contributed by atoms with E-state index in [9.17, 15) is 5.11 Å². The molecule has 14 heavy (non-hydrogen) atoms. The maximum Gasteiger partial charge on any atom is 0.129 e. The lowest BCUT2D eigenvalue weighted by Crippen LogP contribution is -2.19. The van der Waals surface area contributed by atoms with Crippen molar-refractivity contribution < 1.29 is 5.11 Å². The third kappa shape index (κ3) is 1.77. The first-order chi connectivity index (χ1) is 6.77. The number of hydrogen-bond donors (Lipinski definition) is 1. The molecular formula is C11H14N2O. The van der Waals surface area contributed by atoms with Gasteiger partial charge in [0.25, 0.3) is 0 Å². The highest BCUT2D eigenvalue weighted by Crippen LogP contribution is 2.17. The molecule has 3 heteroatoms. The Labute approximate surface area is 83.7 Å². The second-order valence-corrected chi connectivity index (χ2v) is 3.50. The molecule has 2 heterocycles. The van der Waals surface area contributed by atoms with Crippen molar-refractivity contribution in [2.45, 2.75) is 13.0 Å². The van der Waals surface area contributed by atoms with Gasteiger partial charge < -0.3 is 10.0 Å². The van der Waals surface area contributed by atoms with Gasteiger partial charge in [0.2, 0.25) is 0 Å². The van der Waals surface area contributed by atoms with Gasteiger partial charge in [-0.2, -0.15) is 0 Å². The highest BCUT2D eigenvalue weighted by atomic mass is 16.3. The van der Waals surface area contributed by atoms with E-state index in [4.69, 9.17) is 0 Å². The quantitative estimate of drug-likeness (QED) is 0.718. The number of rotatable bonds is 2. The second-order valence-electron chi connectivity index (χ2n) is 3.50. The minimum Gasteiger partial charge on any atom is -0.389 e. The summed E-state index contributed by atoms with van der Waals surface area (Å²) in [5.74, 6) is 0.972. The summed E-state index contributed by atoms with van der Waals surface area (Å²) in [6, 6.07) is 3.88. The predicted octanol–water partition coefficient (Wildman–Crippen LogP) is 1.51. The molecule has 1 aliphatic rings. The largest absolute Gasteiger partial charge is 0.389 e. The van der Waals surface area contributed by atoms with E-state index >= 15 is 0 Å². The summed E-state index contributed by atoms with van der Waals surface area (Å²) in [7, 11) is 0. The van der Waals surface area contributed by atoms with Crippen LogP contribution < -0.4 is 4.90 Å². The van der Waals surface area contributed by atoms with Gasteiger partial charge in [-0.05, 0) is 18.6 Å². The summed E-state index contributed by atoms with van der Waals surface area (Å²) in [4.78, 5) is 6.48. The number of anilines is 1. The van der Waals surface area contributed by atoms with Crippen LogP contribution in [0.4, 0.5) is 5.82 Å². The zero-order valence-electron chi connectivity index (χ0n) is 8.22. The minimum atomic E-state index is -0.437. The standard InChI is InChI=1S/C11H14N2O/c1-9(14)10-4-5-11(12-8-10)13-6-2-3-7-13/h2-5,8-9,14H,6-7H2,1H3. The van der Waals surface area contributed by atoms with Crippen molar-refractivity contribution in [2.24, 2.45) is 0 Å². The Hall–Kier alpha value is -1.35. The molecule has 1 unspecified atom stereocenters. The molecule has 1 N–H and O–H groups in total. The zero-order valence-corrected chi connectivity index (χ0v) is 8.22. The Bertz CT molecular complexity index is 322. The average Bonchev–Trinajstić information content (AvgIpc) is 2.71. The van der Waals surface area contributed by atoms with Crippen molar-refractivity contribution in [2.75, 3.05) is 18.0 Å². The summed E-state index contributed by atoms with van der Waals surface area (Å²) in [5, 5.41) is 9.31. The van der Waals surface area contributed by atoms with Crippen molar-refractivity contribution in [3.63, 3.8) is 0 Å². The lowest BCUT2D eigenvalue weighted by molar-refractivity contribution is 0.199. The fourth-order valence-corrected chi connectivity index (χ4v) is 1.50. The molecule has 74 valence electrons. The summed E-state index contributed by atoms with van der Waals surface area (Å²) in [5.41, 5.74) is 0.862. The smallest absolute Gasteiger partial charge is 0.129 e. The van der Waals surface area contributed by atoms with Gasteiger partial charge in [-0.3, -0.25) is 0 Å². The van der Waals surface area contributed by atoms with Crippen LogP contribution in [0.3, 0.4) is 0 Å². The maximum absolute atomic E-state index is 9.31. The lowest BCUT2D eigenvalue weighted by Gasteiger charge is -2.16. The van der Waals surface area contributed by atoms with Gasteiger partial charge in [-0.15, -0.1) is 0 Å². The average molecular weight is 190 g/mol. The van der Waals surface area contributed by atoms with Crippen molar-refractivity contribution in [3.8, 4) is 0 Å². The van der Waals surface area contributed by atoms with E-state index in [1.807, 2.05) is 12.1 Å². The Balaban J connectivity index is 2.13. The van der Waals surface area contributed by atoms with E-state index in [1.54, 1.807) is 13.1 Å². The number of aromatic nitrogens is 1. The lowest BCUT2D eigenvalue weighted by atomic mass is 10.2. The maximum atomic E-state index is 9.31. The van der Waals surface area contributed by atoms with Crippen molar-refractivity contribution in [3.05, 3.63) is 36.0 Å². The molecule has 2 rings (SSSR count). The monoisotopic (exact) mass is 190 g/mol. The molecular weight excluding hydrogens is 176 g/mol. The molecule has 3 nitrogen and oxygen atoms in total. The van der Waals surface area contributed by atoms with Gasteiger partial charge >= 0.3 is 0 Å². The van der Waals surface area contributed by atoms with Crippen LogP contribution in [0.15, 0.2) is 30.5 Å². The zero-order chi connectivity index (χ0) is 9.97. The van der Waals surface area contributed by atoms with Gasteiger partial charge in [-0.1, -0.05) is 18.2 Å². The summed E-state index contributed by atoms with van der Waals surface area (Å²) < 4.78 is 0. The summed E-state index contributed by atoms with van der Waals surface area (Å²) in [6.45, 7) is 3.61. The van der Waals surface area contributed by atoms with Crippen LogP contribution in [-0.2, 0) is 0 Å². The fraction of sp³-hybridized carbons (Fsp3) is 0.364. The van der Waals surface area contributed by atoms with E-state index in [0.29, 0.717) is 0 Å². The molecule has 0 fully saturated rings. The highest BCUT2D eigenvalue weighted by molar-refractivity contribution is 5.43. The van der Waals surface area contributed by atoms with Gasteiger partial charge in [0, 0.05) is 19.3 Å². The SMILES string of the molecule is CC(O)c1ccc(N2CC=CC2)nc1. The minimum absolute atomic E-state index is 0.437. The molecule has 0 aromatic carbocycles.